The van der Waals surface area contributed by atoms with Crippen molar-refractivity contribution in [3.63, 3.8) is 0 Å². The number of H-pyrrole nitrogens is 1. The van der Waals surface area contributed by atoms with E-state index in [9.17, 15) is 4.79 Å². The molecule has 0 aliphatic carbocycles. The van der Waals surface area contributed by atoms with Crippen LogP contribution in [-0.4, -0.2) is 31.0 Å². The Kier molecular flexibility index (Phi) is 7.81. The second kappa shape index (κ2) is 7.95. The number of carbonyl (C=O) groups is 1. The van der Waals surface area contributed by atoms with E-state index in [0.29, 0.717) is 12.2 Å². The summed E-state index contributed by atoms with van der Waals surface area (Å²) in [6, 6.07) is 1.83. The fourth-order valence-electron chi connectivity index (χ4n) is 1.06. The van der Waals surface area contributed by atoms with Crippen LogP contribution in [0.5, 0.6) is 0 Å². The van der Waals surface area contributed by atoms with Gasteiger partial charge >= 0.3 is 0 Å². The lowest BCUT2D eigenvalue weighted by molar-refractivity contribution is 0.0949. The second-order valence-electron chi connectivity index (χ2n) is 2.94. The highest BCUT2D eigenvalue weighted by atomic mass is 127. The fraction of sp³-hybridized carbons (Fsp3) is 0.444. The summed E-state index contributed by atoms with van der Waals surface area (Å²) in [7, 11) is 1.90. The molecule has 0 saturated carbocycles. The molecule has 0 aromatic carbocycles. The summed E-state index contributed by atoms with van der Waals surface area (Å²) in [5.74, 6) is -0.0379. The number of nitrogens with one attached hydrogen (secondary N) is 3. The number of carbonyl (C=O) groups excluding carboxylic acids is 1. The van der Waals surface area contributed by atoms with E-state index in [0.717, 1.165) is 16.5 Å². The quantitative estimate of drug-likeness (QED) is 0.559. The Morgan fingerprint density at radius 2 is 2.27 bits per heavy atom. The van der Waals surface area contributed by atoms with Gasteiger partial charge in [0.15, 0.2) is 0 Å². The van der Waals surface area contributed by atoms with Gasteiger partial charge in [-0.05, 0) is 48.7 Å². The summed E-state index contributed by atoms with van der Waals surface area (Å²) in [5, 5.41) is 5.86. The highest BCUT2D eigenvalue weighted by molar-refractivity contribution is 14.1. The van der Waals surface area contributed by atoms with Gasteiger partial charge in [0.25, 0.3) is 5.91 Å². The second-order valence-corrected chi connectivity index (χ2v) is 4.19. The zero-order valence-electron chi connectivity index (χ0n) is 8.47. The normalized spacial score (nSPS) is 9.47. The lowest BCUT2D eigenvalue weighted by Crippen LogP contribution is -2.26. The highest BCUT2D eigenvalue weighted by Crippen LogP contribution is 2.05. The van der Waals surface area contributed by atoms with E-state index in [4.69, 9.17) is 0 Å². The third-order valence-corrected chi connectivity index (χ3v) is 2.40. The van der Waals surface area contributed by atoms with Crippen LogP contribution in [0.25, 0.3) is 0 Å². The van der Waals surface area contributed by atoms with E-state index < -0.39 is 0 Å². The first kappa shape index (κ1) is 14.7. The summed E-state index contributed by atoms with van der Waals surface area (Å²) in [5.41, 5.74) is 0.624. The van der Waals surface area contributed by atoms with Crippen molar-refractivity contribution in [3.8, 4) is 0 Å². The van der Waals surface area contributed by atoms with Gasteiger partial charge in [-0.25, -0.2) is 0 Å². The summed E-state index contributed by atoms with van der Waals surface area (Å²) in [6.07, 6.45) is 2.75. The summed E-state index contributed by atoms with van der Waals surface area (Å²) in [6.45, 7) is 1.62. The zero-order valence-corrected chi connectivity index (χ0v) is 11.4. The predicted octanol–water partition coefficient (Wildman–Crippen LogP) is 1.38. The van der Waals surface area contributed by atoms with E-state index in [1.807, 2.05) is 19.3 Å². The van der Waals surface area contributed by atoms with Gasteiger partial charge < -0.3 is 15.6 Å². The fourth-order valence-corrected chi connectivity index (χ4v) is 1.53. The Labute approximate surface area is 109 Å². The number of halogens is 2. The molecule has 6 heteroatoms. The number of rotatable bonds is 5. The van der Waals surface area contributed by atoms with Gasteiger partial charge in [-0.1, -0.05) is 0 Å². The summed E-state index contributed by atoms with van der Waals surface area (Å²) in [4.78, 5) is 14.4. The van der Waals surface area contributed by atoms with E-state index in [1.54, 1.807) is 0 Å². The first-order chi connectivity index (χ1) is 6.74. The van der Waals surface area contributed by atoms with Crippen LogP contribution in [0, 0.1) is 3.57 Å². The predicted molar refractivity (Wildman–Crippen MR) is 71.6 cm³/mol. The van der Waals surface area contributed by atoms with Crippen LogP contribution in [0.15, 0.2) is 12.3 Å². The zero-order chi connectivity index (χ0) is 10.4. The molecule has 1 heterocycles. The summed E-state index contributed by atoms with van der Waals surface area (Å²) >= 11 is 2.16. The lowest BCUT2D eigenvalue weighted by Gasteiger charge is -2.02. The average Bonchev–Trinajstić information content (AvgIpc) is 2.59. The van der Waals surface area contributed by atoms with Crippen LogP contribution >= 0.6 is 35.0 Å². The average molecular weight is 344 g/mol. The van der Waals surface area contributed by atoms with Crippen LogP contribution in [0.4, 0.5) is 0 Å². The van der Waals surface area contributed by atoms with Crippen molar-refractivity contribution in [1.82, 2.24) is 15.6 Å². The minimum Gasteiger partial charge on any atom is -0.356 e. The van der Waals surface area contributed by atoms with Crippen molar-refractivity contribution in [2.24, 2.45) is 0 Å². The van der Waals surface area contributed by atoms with Crippen molar-refractivity contribution < 1.29 is 4.79 Å². The molecule has 1 aromatic heterocycles. The van der Waals surface area contributed by atoms with Crippen molar-refractivity contribution in [2.45, 2.75) is 6.42 Å². The van der Waals surface area contributed by atoms with Crippen molar-refractivity contribution in [2.75, 3.05) is 20.1 Å². The standard InChI is InChI=1S/C9H14IN3O.ClH/c1-11-3-2-4-12-9(14)8-5-7(10)6-13-8;/h5-6,11,13H,2-4H2,1H3,(H,12,14);1H. The maximum Gasteiger partial charge on any atom is 0.267 e. The molecule has 0 bridgehead atoms. The van der Waals surface area contributed by atoms with Gasteiger partial charge in [-0.2, -0.15) is 0 Å². The van der Waals surface area contributed by atoms with Gasteiger partial charge in [-0.3, -0.25) is 4.79 Å². The molecule has 0 radical (unpaired) electrons. The Morgan fingerprint density at radius 3 is 2.80 bits per heavy atom. The topological polar surface area (TPSA) is 56.9 Å². The van der Waals surface area contributed by atoms with Gasteiger partial charge in [-0.15, -0.1) is 12.4 Å². The molecule has 1 amide bonds. The van der Waals surface area contributed by atoms with Crippen molar-refractivity contribution in [1.29, 1.82) is 0 Å². The first-order valence-electron chi connectivity index (χ1n) is 4.50. The molecular weight excluding hydrogens is 328 g/mol. The smallest absolute Gasteiger partial charge is 0.267 e. The monoisotopic (exact) mass is 343 g/mol. The van der Waals surface area contributed by atoms with E-state index in [-0.39, 0.29) is 18.3 Å². The number of aromatic nitrogens is 1. The van der Waals surface area contributed by atoms with Gasteiger partial charge in [0.1, 0.15) is 5.69 Å². The molecule has 0 unspecified atom stereocenters. The molecule has 0 aliphatic rings. The molecule has 3 N–H and O–H groups in total. The highest BCUT2D eigenvalue weighted by Gasteiger charge is 2.05. The Hall–Kier alpha value is -0.270. The minimum atomic E-state index is -0.0379. The number of hydrogen-bond acceptors (Lipinski definition) is 2. The number of hydrogen-bond donors (Lipinski definition) is 3. The molecule has 1 rings (SSSR count). The largest absolute Gasteiger partial charge is 0.356 e. The van der Waals surface area contributed by atoms with Crippen LogP contribution in [-0.2, 0) is 0 Å². The lowest BCUT2D eigenvalue weighted by atomic mass is 10.3. The summed E-state index contributed by atoms with van der Waals surface area (Å²) < 4.78 is 1.04. The van der Waals surface area contributed by atoms with Crippen LogP contribution in [0.3, 0.4) is 0 Å². The first-order valence-corrected chi connectivity index (χ1v) is 5.58. The molecule has 0 fully saturated rings. The SMILES string of the molecule is CNCCCNC(=O)c1cc(I)c[nH]1.Cl. The van der Waals surface area contributed by atoms with Crippen LogP contribution in [0.1, 0.15) is 16.9 Å². The van der Waals surface area contributed by atoms with Crippen molar-refractivity contribution in [3.05, 3.63) is 21.5 Å². The Bertz CT molecular complexity index is 303. The maximum atomic E-state index is 11.5. The van der Waals surface area contributed by atoms with Gasteiger partial charge in [0.05, 0.1) is 0 Å². The Morgan fingerprint density at radius 1 is 1.53 bits per heavy atom. The number of amides is 1. The molecule has 0 spiro atoms. The molecule has 0 aliphatic heterocycles. The third-order valence-electron chi connectivity index (χ3n) is 1.78. The molecule has 1 aromatic rings. The van der Waals surface area contributed by atoms with E-state index in [2.05, 4.69) is 38.2 Å². The van der Waals surface area contributed by atoms with Crippen LogP contribution < -0.4 is 10.6 Å². The molecule has 4 nitrogen and oxygen atoms in total. The van der Waals surface area contributed by atoms with Gasteiger partial charge in [0.2, 0.25) is 0 Å². The van der Waals surface area contributed by atoms with E-state index >= 15 is 0 Å². The molecule has 86 valence electrons. The number of aromatic amines is 1. The molecule has 0 saturated heterocycles. The maximum absolute atomic E-state index is 11.5. The minimum absolute atomic E-state index is 0. The molecular formula is C9H15ClIN3O. The molecule has 0 atom stereocenters. The van der Waals surface area contributed by atoms with Crippen molar-refractivity contribution >= 4 is 40.9 Å². The Balaban J connectivity index is 0.00000196. The van der Waals surface area contributed by atoms with Crippen LogP contribution in [0.2, 0.25) is 0 Å². The molecule has 15 heavy (non-hydrogen) atoms. The van der Waals surface area contributed by atoms with E-state index in [1.165, 1.54) is 0 Å². The van der Waals surface area contributed by atoms with Gasteiger partial charge in [0, 0.05) is 16.3 Å². The third kappa shape index (κ3) is 5.39.